The lowest BCUT2D eigenvalue weighted by Gasteiger charge is -2.21. The predicted molar refractivity (Wildman–Crippen MR) is 96.8 cm³/mol. The fraction of sp³-hybridized carbons (Fsp3) is 0.222. The third-order valence-electron chi connectivity index (χ3n) is 3.92. The minimum absolute atomic E-state index is 0.0923. The second-order valence-electron chi connectivity index (χ2n) is 5.58. The predicted octanol–water partition coefficient (Wildman–Crippen LogP) is 3.62. The number of carbonyl (C=O) groups excluding carboxylic acids is 2. The number of rotatable bonds is 3. The quantitative estimate of drug-likeness (QED) is 0.873. The molecule has 0 fully saturated rings. The van der Waals surface area contributed by atoms with Crippen molar-refractivity contribution >= 4 is 39.1 Å². The first-order valence-corrected chi connectivity index (χ1v) is 8.35. The van der Waals surface area contributed by atoms with Crippen LogP contribution < -0.4 is 15.0 Å². The van der Waals surface area contributed by atoms with E-state index in [1.807, 2.05) is 12.1 Å². The molecule has 1 heterocycles. The maximum atomic E-state index is 12.9. The van der Waals surface area contributed by atoms with Gasteiger partial charge in [0.2, 0.25) is 5.91 Å². The summed E-state index contributed by atoms with van der Waals surface area (Å²) >= 11 is 3.45. The van der Waals surface area contributed by atoms with Crippen molar-refractivity contribution in [3.8, 4) is 5.75 Å². The van der Waals surface area contributed by atoms with Gasteiger partial charge in [-0.2, -0.15) is 0 Å². The van der Waals surface area contributed by atoms with Gasteiger partial charge in [-0.3, -0.25) is 9.59 Å². The molecule has 5 nitrogen and oxygen atoms in total. The Balaban J connectivity index is 1.98. The van der Waals surface area contributed by atoms with Gasteiger partial charge in [0.1, 0.15) is 5.75 Å². The number of hydrogen-bond donors (Lipinski definition) is 1. The van der Waals surface area contributed by atoms with Gasteiger partial charge in [0.15, 0.2) is 0 Å². The van der Waals surface area contributed by atoms with E-state index in [-0.39, 0.29) is 11.8 Å². The second kappa shape index (κ2) is 6.65. The Morgan fingerprint density at radius 3 is 2.54 bits per heavy atom. The molecule has 0 radical (unpaired) electrons. The van der Waals surface area contributed by atoms with E-state index in [9.17, 15) is 9.59 Å². The largest absolute Gasteiger partial charge is 0.497 e. The summed E-state index contributed by atoms with van der Waals surface area (Å²) in [6, 6.07) is 10.8. The molecule has 0 aliphatic carbocycles. The zero-order chi connectivity index (χ0) is 17.3. The topological polar surface area (TPSA) is 58.6 Å². The minimum Gasteiger partial charge on any atom is -0.497 e. The smallest absolute Gasteiger partial charge is 0.258 e. The summed E-state index contributed by atoms with van der Waals surface area (Å²) in [6.45, 7) is 2.04. The average molecular weight is 389 g/mol. The van der Waals surface area contributed by atoms with Crippen molar-refractivity contribution in [1.29, 1.82) is 0 Å². The van der Waals surface area contributed by atoms with Crippen molar-refractivity contribution in [2.45, 2.75) is 13.3 Å². The summed E-state index contributed by atoms with van der Waals surface area (Å²) in [6.07, 6.45) is 0.753. The first-order valence-electron chi connectivity index (χ1n) is 7.55. The molecule has 1 aliphatic rings. The molecule has 124 valence electrons. The van der Waals surface area contributed by atoms with E-state index >= 15 is 0 Å². The number of fused-ring (bicyclic) bond motifs is 1. The standard InChI is InChI=1S/C18H17BrN2O3/c1-11(22)20-16-10-14(19)9-13-7-8-21(17(13)16)18(23)12-3-5-15(24-2)6-4-12/h3-6,9-10H,7-8H2,1-2H3,(H,20,22). The lowest BCUT2D eigenvalue weighted by atomic mass is 10.1. The van der Waals surface area contributed by atoms with Gasteiger partial charge in [-0.25, -0.2) is 0 Å². The number of ether oxygens (including phenoxy) is 1. The van der Waals surface area contributed by atoms with Crippen LogP contribution in [0.5, 0.6) is 5.75 Å². The van der Waals surface area contributed by atoms with Gasteiger partial charge < -0.3 is 15.0 Å². The Morgan fingerprint density at radius 1 is 1.21 bits per heavy atom. The van der Waals surface area contributed by atoms with Gasteiger partial charge in [0.25, 0.3) is 5.91 Å². The zero-order valence-electron chi connectivity index (χ0n) is 13.4. The van der Waals surface area contributed by atoms with Crippen LogP contribution in [0.25, 0.3) is 0 Å². The number of carbonyl (C=O) groups is 2. The molecule has 0 unspecified atom stereocenters. The average Bonchev–Trinajstić information content (AvgIpc) is 2.97. The van der Waals surface area contributed by atoms with Gasteiger partial charge in [0.05, 0.1) is 18.5 Å². The maximum Gasteiger partial charge on any atom is 0.258 e. The lowest BCUT2D eigenvalue weighted by molar-refractivity contribution is -0.114. The number of amides is 2. The van der Waals surface area contributed by atoms with E-state index in [0.29, 0.717) is 23.5 Å². The van der Waals surface area contributed by atoms with Gasteiger partial charge in [0, 0.05) is 23.5 Å². The van der Waals surface area contributed by atoms with Crippen LogP contribution in [0, 0.1) is 0 Å². The van der Waals surface area contributed by atoms with Crippen LogP contribution in [0.15, 0.2) is 40.9 Å². The Labute approximate surface area is 148 Å². The number of anilines is 2. The highest BCUT2D eigenvalue weighted by molar-refractivity contribution is 9.10. The summed E-state index contributed by atoms with van der Waals surface area (Å²) in [4.78, 5) is 26.1. The van der Waals surface area contributed by atoms with Crippen LogP contribution in [-0.2, 0) is 11.2 Å². The van der Waals surface area contributed by atoms with Crippen LogP contribution >= 0.6 is 15.9 Å². The molecule has 2 aromatic rings. The van der Waals surface area contributed by atoms with E-state index in [1.54, 1.807) is 36.3 Å². The molecule has 1 aliphatic heterocycles. The summed E-state index contributed by atoms with van der Waals surface area (Å²) in [5.74, 6) is 0.445. The molecule has 2 aromatic carbocycles. The highest BCUT2D eigenvalue weighted by atomic mass is 79.9. The summed E-state index contributed by atoms with van der Waals surface area (Å²) < 4.78 is 6.01. The zero-order valence-corrected chi connectivity index (χ0v) is 15.0. The molecule has 2 amide bonds. The number of nitrogens with zero attached hydrogens (tertiary/aromatic N) is 1. The van der Waals surface area contributed by atoms with Crippen molar-refractivity contribution in [3.63, 3.8) is 0 Å². The van der Waals surface area contributed by atoms with Gasteiger partial charge in [-0.15, -0.1) is 0 Å². The van der Waals surface area contributed by atoms with Crippen molar-refractivity contribution in [2.75, 3.05) is 23.9 Å². The van der Waals surface area contributed by atoms with E-state index in [1.165, 1.54) is 6.92 Å². The molecule has 0 bridgehead atoms. The molecular formula is C18H17BrN2O3. The number of methoxy groups -OCH3 is 1. The minimum atomic E-state index is -0.168. The van der Waals surface area contributed by atoms with E-state index in [0.717, 1.165) is 22.1 Å². The highest BCUT2D eigenvalue weighted by Gasteiger charge is 2.29. The summed E-state index contributed by atoms with van der Waals surface area (Å²) in [5.41, 5.74) is 3.04. The molecule has 0 saturated heterocycles. The monoisotopic (exact) mass is 388 g/mol. The van der Waals surface area contributed by atoms with Crippen molar-refractivity contribution in [3.05, 3.63) is 52.0 Å². The Kier molecular flexibility index (Phi) is 4.57. The maximum absolute atomic E-state index is 12.9. The Bertz CT molecular complexity index is 803. The molecular weight excluding hydrogens is 372 g/mol. The van der Waals surface area contributed by atoms with Crippen LogP contribution in [0.4, 0.5) is 11.4 Å². The molecule has 3 rings (SSSR count). The normalized spacial score (nSPS) is 12.7. The van der Waals surface area contributed by atoms with Crippen LogP contribution in [0.2, 0.25) is 0 Å². The first kappa shape index (κ1) is 16.5. The molecule has 0 spiro atoms. The number of halogens is 1. The Morgan fingerprint density at radius 2 is 1.92 bits per heavy atom. The fourth-order valence-electron chi connectivity index (χ4n) is 2.89. The fourth-order valence-corrected chi connectivity index (χ4v) is 3.39. The lowest BCUT2D eigenvalue weighted by Crippen LogP contribution is -2.29. The number of hydrogen-bond acceptors (Lipinski definition) is 3. The SMILES string of the molecule is COc1ccc(C(=O)N2CCc3cc(Br)cc(NC(C)=O)c32)cc1. The van der Waals surface area contributed by atoms with Crippen LogP contribution in [-0.4, -0.2) is 25.5 Å². The highest BCUT2D eigenvalue weighted by Crippen LogP contribution is 2.39. The van der Waals surface area contributed by atoms with Gasteiger partial charge in [-0.1, -0.05) is 15.9 Å². The number of nitrogens with one attached hydrogen (secondary N) is 1. The molecule has 0 aromatic heterocycles. The van der Waals surface area contributed by atoms with Crippen molar-refractivity contribution < 1.29 is 14.3 Å². The third kappa shape index (κ3) is 3.14. The molecule has 6 heteroatoms. The van der Waals surface area contributed by atoms with E-state index in [4.69, 9.17) is 4.74 Å². The van der Waals surface area contributed by atoms with Gasteiger partial charge in [-0.05, 0) is 48.4 Å². The summed E-state index contributed by atoms with van der Waals surface area (Å²) in [7, 11) is 1.59. The van der Waals surface area contributed by atoms with Crippen LogP contribution in [0.3, 0.4) is 0 Å². The molecule has 0 atom stereocenters. The number of benzene rings is 2. The second-order valence-corrected chi connectivity index (χ2v) is 6.49. The van der Waals surface area contributed by atoms with E-state index < -0.39 is 0 Å². The van der Waals surface area contributed by atoms with Crippen LogP contribution in [0.1, 0.15) is 22.8 Å². The summed E-state index contributed by atoms with van der Waals surface area (Å²) in [5, 5.41) is 2.82. The molecule has 1 N–H and O–H groups in total. The third-order valence-corrected chi connectivity index (χ3v) is 4.38. The van der Waals surface area contributed by atoms with Crippen molar-refractivity contribution in [1.82, 2.24) is 0 Å². The molecule has 0 saturated carbocycles. The van der Waals surface area contributed by atoms with Crippen molar-refractivity contribution in [2.24, 2.45) is 0 Å². The Hall–Kier alpha value is -2.34. The van der Waals surface area contributed by atoms with Gasteiger partial charge >= 0.3 is 0 Å². The molecule has 24 heavy (non-hydrogen) atoms. The first-order chi connectivity index (χ1) is 11.5. The van der Waals surface area contributed by atoms with E-state index in [2.05, 4.69) is 21.2 Å².